The number of aliphatic carboxylic acids is 6. The number of thiophene rings is 1. The van der Waals surface area contributed by atoms with Crippen molar-refractivity contribution in [1.82, 2.24) is 0 Å². The first kappa shape index (κ1) is 33.3. The third kappa shape index (κ3) is 32.5. The molecule has 8 N–H and O–H groups in total. The topological polar surface area (TPSA) is 284 Å². The summed E-state index contributed by atoms with van der Waals surface area (Å²) < 4.78 is 21.2. The Morgan fingerprint density at radius 2 is 0.879 bits per heavy atom. The van der Waals surface area contributed by atoms with Gasteiger partial charge in [0.1, 0.15) is 4.21 Å². The van der Waals surface area contributed by atoms with E-state index < -0.39 is 45.8 Å². The van der Waals surface area contributed by atoms with Crippen LogP contribution in [0.5, 0.6) is 0 Å². The highest BCUT2D eigenvalue weighted by Gasteiger charge is 2.06. The van der Waals surface area contributed by atoms with Crippen LogP contribution in [-0.4, -0.2) is 74.9 Å². The molecular weight excluding hydrogens is 494 g/mol. The van der Waals surface area contributed by atoms with E-state index in [1.54, 1.807) is 11.4 Å². The molecule has 0 fully saturated rings. The fraction of sp³-hybridized carbons (Fsp3) is 0. The summed E-state index contributed by atoms with van der Waals surface area (Å²) in [4.78, 5) is 57.3. The molecule has 0 aromatic carbocycles. The highest BCUT2D eigenvalue weighted by molar-refractivity contribution is 7.91. The van der Waals surface area contributed by atoms with Crippen LogP contribution in [0.1, 0.15) is 0 Å². The molecule has 0 bridgehead atoms. The van der Waals surface area contributed by atoms with E-state index in [2.05, 4.69) is 0 Å². The number of rotatable bonds is 7. The van der Waals surface area contributed by atoms with Crippen LogP contribution in [0.15, 0.2) is 58.2 Å². The van der Waals surface area contributed by atoms with Crippen LogP contribution in [0.3, 0.4) is 0 Å². The first-order chi connectivity index (χ1) is 15.0. The van der Waals surface area contributed by atoms with Gasteiger partial charge < -0.3 is 30.6 Å². The number of sulfonamides is 1. The maximum absolute atomic E-state index is 10.5. The van der Waals surface area contributed by atoms with E-state index in [1.165, 1.54) is 6.07 Å². The average Bonchev–Trinajstić information content (AvgIpc) is 3.20. The molecule has 0 radical (unpaired) electrons. The Bertz CT molecular complexity index is 875. The molecular formula is C16H17NO14S2. The molecule has 1 aromatic rings. The van der Waals surface area contributed by atoms with Gasteiger partial charge in [0.2, 0.25) is 10.0 Å². The molecule has 0 saturated carbocycles. The molecule has 0 aliphatic heterocycles. The fourth-order valence-corrected chi connectivity index (χ4v) is 2.27. The summed E-state index contributed by atoms with van der Waals surface area (Å²) in [6.07, 6.45) is 3.35. The summed E-state index contributed by atoms with van der Waals surface area (Å²) in [6, 6.07) is 3.12. The first-order valence-corrected chi connectivity index (χ1v) is 9.89. The zero-order valence-electron chi connectivity index (χ0n) is 16.0. The number of nitrogens with two attached hydrogens (primary N) is 1. The van der Waals surface area contributed by atoms with Crippen molar-refractivity contribution in [3.8, 4) is 0 Å². The quantitative estimate of drug-likeness (QED) is 0.228. The number of hydrogen-bond donors (Lipinski definition) is 7. The highest BCUT2D eigenvalue weighted by atomic mass is 32.2. The van der Waals surface area contributed by atoms with Crippen LogP contribution in [0.4, 0.5) is 0 Å². The molecule has 0 aliphatic carbocycles. The lowest BCUT2D eigenvalue weighted by Gasteiger charge is -1.86. The Hall–Kier alpha value is -4.35. The first-order valence-electron chi connectivity index (χ1n) is 7.47. The Balaban J connectivity index is -0.000000364. The van der Waals surface area contributed by atoms with E-state index in [0.717, 1.165) is 11.3 Å². The number of carbonyl (C=O) groups is 6. The Morgan fingerprint density at radius 3 is 0.970 bits per heavy atom. The Morgan fingerprint density at radius 1 is 0.636 bits per heavy atom. The second kappa shape index (κ2) is 18.4. The molecule has 0 unspecified atom stereocenters. The molecule has 33 heavy (non-hydrogen) atoms. The van der Waals surface area contributed by atoms with Crippen LogP contribution in [-0.2, 0) is 38.8 Å². The van der Waals surface area contributed by atoms with Crippen LogP contribution >= 0.6 is 11.3 Å². The van der Waals surface area contributed by atoms with Crippen LogP contribution in [0.25, 0.3) is 0 Å². The predicted molar refractivity (Wildman–Crippen MR) is 109 cm³/mol. The smallest absolute Gasteiger partial charge is 0.328 e. The van der Waals surface area contributed by atoms with Crippen LogP contribution in [0, 0.1) is 0 Å². The van der Waals surface area contributed by atoms with Gasteiger partial charge in [0, 0.05) is 36.5 Å². The minimum Gasteiger partial charge on any atom is -0.478 e. The zero-order chi connectivity index (χ0) is 26.6. The summed E-state index contributed by atoms with van der Waals surface area (Å²) >= 11 is 1.12. The number of primary sulfonamides is 1. The normalized spacial score (nSPS) is 10.1. The van der Waals surface area contributed by atoms with Gasteiger partial charge in [0.25, 0.3) is 0 Å². The molecule has 182 valence electrons. The van der Waals surface area contributed by atoms with Gasteiger partial charge in [-0.3, -0.25) is 0 Å². The van der Waals surface area contributed by atoms with Gasteiger partial charge in [-0.1, -0.05) is 6.07 Å². The van der Waals surface area contributed by atoms with Gasteiger partial charge in [0.05, 0.1) is 0 Å². The number of hydrogen-bond acceptors (Lipinski definition) is 9. The van der Waals surface area contributed by atoms with Gasteiger partial charge in [-0.05, 0) is 11.4 Å². The molecule has 0 saturated heterocycles. The SMILES string of the molecule is NS(=O)(=O)c1cccs1.O=C(O)/C=C\C(=O)O.O=C(O)/C=C\C(=O)O.O=C(O)/C=C\C(=O)O. The minimum atomic E-state index is -3.44. The van der Waals surface area contributed by atoms with Gasteiger partial charge in [-0.2, -0.15) is 0 Å². The molecule has 0 amide bonds. The Labute approximate surface area is 188 Å². The van der Waals surface area contributed by atoms with Crippen molar-refractivity contribution in [2.45, 2.75) is 4.21 Å². The third-order valence-corrected chi connectivity index (χ3v) is 4.23. The zero-order valence-corrected chi connectivity index (χ0v) is 17.7. The van der Waals surface area contributed by atoms with E-state index in [1.807, 2.05) is 0 Å². The average molecular weight is 511 g/mol. The van der Waals surface area contributed by atoms with Crippen molar-refractivity contribution in [3.05, 3.63) is 54.0 Å². The second-order valence-corrected chi connectivity index (χ2v) is 7.24. The number of carboxylic acids is 6. The molecule has 0 atom stereocenters. The summed E-state index contributed by atoms with van der Waals surface area (Å²) in [5.41, 5.74) is 0. The van der Waals surface area contributed by atoms with Gasteiger partial charge >= 0.3 is 35.8 Å². The maximum atomic E-state index is 10.5. The van der Waals surface area contributed by atoms with E-state index in [-0.39, 0.29) is 4.21 Å². The lowest BCUT2D eigenvalue weighted by molar-refractivity contribution is -0.134. The molecule has 15 nitrogen and oxygen atoms in total. The third-order valence-electron chi connectivity index (χ3n) is 1.88. The van der Waals surface area contributed by atoms with Crippen molar-refractivity contribution in [1.29, 1.82) is 0 Å². The van der Waals surface area contributed by atoms with Crippen molar-refractivity contribution >= 4 is 57.2 Å². The summed E-state index contributed by atoms with van der Waals surface area (Å²) in [7, 11) is -3.44. The molecule has 17 heteroatoms. The standard InChI is InChI=1S/C4H5NO2S2.3C4H4O4/c5-9(6,7)4-2-1-3-8-4;3*5-3(6)1-2-4(7)8/h1-3H,(H2,5,6,7);3*1-2H,(H,5,6)(H,7,8)/b;3*2-1-. The molecule has 1 aromatic heterocycles. The highest BCUT2D eigenvalue weighted by Crippen LogP contribution is 2.12. The molecule has 0 spiro atoms. The number of carboxylic acid groups (broad SMARTS) is 6. The van der Waals surface area contributed by atoms with Gasteiger partial charge in [0.15, 0.2) is 0 Å². The van der Waals surface area contributed by atoms with Crippen molar-refractivity contribution < 1.29 is 67.8 Å². The van der Waals surface area contributed by atoms with Crippen molar-refractivity contribution in [3.63, 3.8) is 0 Å². The van der Waals surface area contributed by atoms with Crippen molar-refractivity contribution in [2.24, 2.45) is 5.14 Å². The van der Waals surface area contributed by atoms with Gasteiger partial charge in [-0.15, -0.1) is 11.3 Å². The summed E-state index contributed by atoms with van der Waals surface area (Å²) in [6.45, 7) is 0. The largest absolute Gasteiger partial charge is 0.478 e. The fourth-order valence-electron chi connectivity index (χ4n) is 0.853. The predicted octanol–water partition coefficient (Wildman–Crippen LogP) is -0.469. The lowest BCUT2D eigenvalue weighted by atomic mass is 10.5. The van der Waals surface area contributed by atoms with E-state index in [9.17, 15) is 37.2 Å². The van der Waals surface area contributed by atoms with E-state index in [4.69, 9.17) is 35.8 Å². The van der Waals surface area contributed by atoms with Crippen molar-refractivity contribution in [2.75, 3.05) is 0 Å². The second-order valence-electron chi connectivity index (χ2n) is 4.51. The molecule has 1 rings (SSSR count). The summed E-state index contributed by atoms with van der Waals surface area (Å²) in [5, 5.41) is 53.3. The molecule has 0 aliphatic rings. The van der Waals surface area contributed by atoms with Gasteiger partial charge in [-0.25, -0.2) is 42.3 Å². The minimum absolute atomic E-state index is 0.211. The summed E-state index contributed by atoms with van der Waals surface area (Å²) in [5.74, 6) is -7.54. The lowest BCUT2D eigenvalue weighted by Crippen LogP contribution is -2.09. The Kier molecular flexibility index (Phi) is 18.6. The molecule has 1 heterocycles. The van der Waals surface area contributed by atoms with Crippen LogP contribution < -0.4 is 5.14 Å². The van der Waals surface area contributed by atoms with Crippen LogP contribution in [0.2, 0.25) is 0 Å². The van der Waals surface area contributed by atoms with E-state index >= 15 is 0 Å². The van der Waals surface area contributed by atoms with E-state index in [0.29, 0.717) is 36.5 Å². The maximum Gasteiger partial charge on any atom is 0.328 e. The monoisotopic (exact) mass is 511 g/mol.